The summed E-state index contributed by atoms with van der Waals surface area (Å²) in [4.78, 5) is 20.1. The maximum Gasteiger partial charge on any atom is 0.193 e. The Balaban J connectivity index is 1.34. The van der Waals surface area contributed by atoms with Crippen molar-refractivity contribution in [2.24, 2.45) is 0 Å². The molecule has 224 valence electrons. The molecule has 4 nitrogen and oxygen atoms in total. The first kappa shape index (κ1) is 28.1. The van der Waals surface area contributed by atoms with Gasteiger partial charge in [0, 0.05) is 62.3 Å². The van der Waals surface area contributed by atoms with Crippen molar-refractivity contribution in [3.8, 4) is 0 Å². The molecule has 1 heterocycles. The van der Waals surface area contributed by atoms with Crippen molar-refractivity contribution < 1.29 is 4.79 Å². The van der Waals surface area contributed by atoms with Gasteiger partial charge in [-0.3, -0.25) is 4.79 Å². The van der Waals surface area contributed by atoms with E-state index in [1.165, 1.54) is 0 Å². The zero-order valence-electron chi connectivity index (χ0n) is 25.6. The average Bonchev–Trinajstić information content (AvgIpc) is 3.14. The van der Waals surface area contributed by atoms with Gasteiger partial charge in [-0.2, -0.15) is 0 Å². The van der Waals surface area contributed by atoms with E-state index in [0.29, 0.717) is 11.1 Å². The number of nitrogens with zero attached hydrogens (tertiary/aromatic N) is 3. The average molecular weight is 606 g/mol. The summed E-state index contributed by atoms with van der Waals surface area (Å²) in [5, 5.41) is 0. The van der Waals surface area contributed by atoms with E-state index < -0.39 is 0 Å². The molecule has 0 unspecified atom stereocenters. The Morgan fingerprint density at radius 2 is 0.553 bits per heavy atom. The molecule has 0 aliphatic carbocycles. The van der Waals surface area contributed by atoms with Gasteiger partial charge in [0.05, 0.1) is 0 Å². The van der Waals surface area contributed by atoms with Crippen molar-refractivity contribution in [2.75, 3.05) is 14.7 Å². The lowest BCUT2D eigenvalue weighted by Crippen LogP contribution is -2.16. The molecule has 4 heteroatoms. The molecule has 0 atom stereocenters. The predicted molar refractivity (Wildman–Crippen MR) is 194 cm³/mol. The minimum Gasteiger partial charge on any atom is -0.310 e. The molecule has 0 saturated heterocycles. The van der Waals surface area contributed by atoms with Gasteiger partial charge in [-0.1, -0.05) is 84.9 Å². The molecule has 0 saturated carbocycles. The minimum atomic E-state index is 0.00740. The van der Waals surface area contributed by atoms with Gasteiger partial charge in [0.2, 0.25) is 0 Å². The Kier molecular flexibility index (Phi) is 7.29. The van der Waals surface area contributed by atoms with E-state index in [4.69, 9.17) is 0 Å². The summed E-state index contributed by atoms with van der Waals surface area (Å²) in [5.74, 6) is 0.00740. The van der Waals surface area contributed by atoms with Crippen molar-refractivity contribution >= 4 is 57.0 Å². The van der Waals surface area contributed by atoms with Crippen molar-refractivity contribution in [3.05, 3.63) is 199 Å². The zero-order valence-corrected chi connectivity index (χ0v) is 25.6. The lowest BCUT2D eigenvalue weighted by atomic mass is 10.0. The second-order valence-corrected chi connectivity index (χ2v) is 11.5. The van der Waals surface area contributed by atoms with Crippen LogP contribution in [-0.4, -0.2) is 5.78 Å². The largest absolute Gasteiger partial charge is 0.310 e. The summed E-state index contributed by atoms with van der Waals surface area (Å²) in [6.45, 7) is 0. The zero-order chi connectivity index (χ0) is 31.6. The lowest BCUT2D eigenvalue weighted by Gasteiger charge is -2.33. The summed E-state index contributed by atoms with van der Waals surface area (Å²) < 4.78 is 0. The van der Waals surface area contributed by atoms with Gasteiger partial charge >= 0.3 is 0 Å². The minimum absolute atomic E-state index is 0.00740. The number of ketones is 1. The van der Waals surface area contributed by atoms with E-state index in [2.05, 4.69) is 136 Å². The highest BCUT2D eigenvalue weighted by atomic mass is 16.1. The van der Waals surface area contributed by atoms with Crippen LogP contribution in [0.5, 0.6) is 0 Å². The normalized spacial score (nSPS) is 12.2. The van der Waals surface area contributed by atoms with Gasteiger partial charge in [0.1, 0.15) is 0 Å². The van der Waals surface area contributed by atoms with Crippen LogP contribution >= 0.6 is 0 Å². The van der Waals surface area contributed by atoms with Crippen molar-refractivity contribution in [1.82, 2.24) is 0 Å². The summed E-state index contributed by atoms with van der Waals surface area (Å²) in [6.07, 6.45) is 0. The Morgan fingerprint density at radius 1 is 0.277 bits per heavy atom. The van der Waals surface area contributed by atoms with E-state index in [9.17, 15) is 4.79 Å². The maximum absolute atomic E-state index is 13.3. The third kappa shape index (κ3) is 5.43. The molecular formula is C43H31N3O. The molecule has 0 N–H and O–H groups in total. The fourth-order valence-electron chi connectivity index (χ4n) is 6.33. The summed E-state index contributed by atoms with van der Waals surface area (Å²) in [7, 11) is 0. The topological polar surface area (TPSA) is 26.8 Å². The smallest absolute Gasteiger partial charge is 0.193 e. The molecule has 1 aliphatic heterocycles. The van der Waals surface area contributed by atoms with Crippen LogP contribution in [0.25, 0.3) is 0 Å². The SMILES string of the molecule is O=C(c1ccccc1)c1ccc(N2c3cccc(c3)N(c3ccccc3)c3cccc(c3)N(c3ccccc3)c3cccc2c3)cc1. The first-order chi connectivity index (χ1) is 23.2. The van der Waals surface area contributed by atoms with Crippen LogP contribution in [0.15, 0.2) is 188 Å². The van der Waals surface area contributed by atoms with Gasteiger partial charge in [-0.15, -0.1) is 0 Å². The number of benzene rings is 7. The number of fused-ring (bicyclic) bond motifs is 6. The highest BCUT2D eigenvalue weighted by Crippen LogP contribution is 2.45. The Labute approximate surface area is 275 Å². The lowest BCUT2D eigenvalue weighted by molar-refractivity contribution is 0.103. The molecule has 0 spiro atoms. The van der Waals surface area contributed by atoms with Crippen molar-refractivity contribution in [3.63, 3.8) is 0 Å². The van der Waals surface area contributed by atoms with Crippen LogP contribution in [0, 0.1) is 0 Å². The van der Waals surface area contributed by atoms with Crippen LogP contribution in [0.4, 0.5) is 51.2 Å². The number of hydrogen-bond acceptors (Lipinski definition) is 4. The monoisotopic (exact) mass is 605 g/mol. The number of hydrogen-bond donors (Lipinski definition) is 0. The van der Waals surface area contributed by atoms with Crippen LogP contribution in [0.2, 0.25) is 0 Å². The van der Waals surface area contributed by atoms with Crippen LogP contribution in [-0.2, 0) is 0 Å². The Bertz CT molecular complexity index is 2060. The number of carbonyl (C=O) groups excluding carboxylic acids is 1. The maximum atomic E-state index is 13.3. The van der Waals surface area contributed by atoms with Crippen LogP contribution in [0.1, 0.15) is 15.9 Å². The van der Waals surface area contributed by atoms with E-state index in [1.54, 1.807) is 0 Å². The first-order valence-corrected chi connectivity index (χ1v) is 15.7. The van der Waals surface area contributed by atoms with Gasteiger partial charge in [0.25, 0.3) is 0 Å². The van der Waals surface area contributed by atoms with E-state index in [1.807, 2.05) is 66.7 Å². The summed E-state index contributed by atoms with van der Waals surface area (Å²) >= 11 is 0. The number of para-hydroxylation sites is 2. The number of anilines is 9. The highest BCUT2D eigenvalue weighted by Gasteiger charge is 2.22. The summed E-state index contributed by atoms with van der Waals surface area (Å²) in [5.41, 5.74) is 10.6. The van der Waals surface area contributed by atoms with Crippen LogP contribution in [0.3, 0.4) is 0 Å². The molecule has 7 aromatic carbocycles. The predicted octanol–water partition coefficient (Wildman–Crippen LogP) is 11.6. The fraction of sp³-hybridized carbons (Fsp3) is 0. The van der Waals surface area contributed by atoms with E-state index in [0.717, 1.165) is 51.2 Å². The number of carbonyl (C=O) groups is 1. The third-order valence-corrected chi connectivity index (χ3v) is 8.49. The molecule has 8 rings (SSSR count). The standard InChI is InChI=1S/C43H31N3O/c47-43(32-13-4-1-5-14-32)33-25-27-36(28-26-33)46-41-23-11-21-39(30-41)44(34-15-6-2-7-16-34)37-19-10-20-38(29-37)45(35-17-8-3-9-18-35)40-22-12-24-42(46)31-40/h1-31H. The Morgan fingerprint density at radius 3 is 0.915 bits per heavy atom. The van der Waals surface area contributed by atoms with Gasteiger partial charge in [-0.05, 0) is 103 Å². The third-order valence-electron chi connectivity index (χ3n) is 8.49. The molecule has 1 aliphatic rings. The molecule has 0 amide bonds. The van der Waals surface area contributed by atoms with Crippen LogP contribution < -0.4 is 14.7 Å². The van der Waals surface area contributed by atoms with E-state index >= 15 is 0 Å². The molecule has 0 aromatic heterocycles. The molecule has 7 aromatic rings. The molecule has 0 radical (unpaired) electrons. The van der Waals surface area contributed by atoms with Gasteiger partial charge in [-0.25, -0.2) is 0 Å². The Hall–Kier alpha value is -6.39. The van der Waals surface area contributed by atoms with Crippen molar-refractivity contribution in [2.45, 2.75) is 0 Å². The van der Waals surface area contributed by atoms with Gasteiger partial charge < -0.3 is 14.7 Å². The first-order valence-electron chi connectivity index (χ1n) is 15.7. The van der Waals surface area contributed by atoms with E-state index in [-0.39, 0.29) is 5.78 Å². The summed E-state index contributed by atoms with van der Waals surface area (Å²) in [6, 6.07) is 64.3. The molecule has 47 heavy (non-hydrogen) atoms. The second kappa shape index (κ2) is 12.2. The van der Waals surface area contributed by atoms with Gasteiger partial charge in [0.15, 0.2) is 5.78 Å². The number of rotatable bonds is 5. The van der Waals surface area contributed by atoms with Crippen molar-refractivity contribution in [1.29, 1.82) is 0 Å². The fourth-order valence-corrected chi connectivity index (χ4v) is 6.33. The second-order valence-electron chi connectivity index (χ2n) is 11.5. The highest BCUT2D eigenvalue weighted by molar-refractivity contribution is 6.09. The molecule has 6 bridgehead atoms. The quantitative estimate of drug-likeness (QED) is 0.182. The molecular weight excluding hydrogens is 574 g/mol. The molecule has 0 fully saturated rings.